The Bertz CT molecular complexity index is 770. The molecule has 2 aromatic carbocycles. The third kappa shape index (κ3) is 3.45. The number of rotatable bonds is 6. The lowest BCUT2D eigenvalue weighted by Gasteiger charge is -2.18. The summed E-state index contributed by atoms with van der Waals surface area (Å²) in [5, 5.41) is 0. The quantitative estimate of drug-likeness (QED) is 0.600. The van der Waals surface area contributed by atoms with Crippen molar-refractivity contribution in [2.75, 3.05) is 12.0 Å². The van der Waals surface area contributed by atoms with Crippen LogP contribution < -0.4 is 9.64 Å². The molecule has 1 unspecified atom stereocenters. The summed E-state index contributed by atoms with van der Waals surface area (Å²) in [5.74, 6) is -1.08. The van der Waals surface area contributed by atoms with Gasteiger partial charge in [0.05, 0.1) is 18.7 Å². The van der Waals surface area contributed by atoms with Gasteiger partial charge in [-0.05, 0) is 36.2 Å². The molecule has 5 nitrogen and oxygen atoms in total. The van der Waals surface area contributed by atoms with Crippen LogP contribution in [0, 0.1) is 11.8 Å². The van der Waals surface area contributed by atoms with Crippen LogP contribution in [0.15, 0.2) is 54.6 Å². The highest BCUT2D eigenvalue weighted by atomic mass is 16.5. The van der Waals surface area contributed by atoms with E-state index in [2.05, 4.69) is 0 Å². The van der Waals surface area contributed by atoms with Crippen LogP contribution in [0.5, 0.6) is 5.75 Å². The molecule has 1 fully saturated rings. The second kappa shape index (κ2) is 7.30. The fraction of sp³-hybridized carbons (Fsp3) is 0.250. The number of imide groups is 1. The lowest BCUT2D eigenvalue weighted by atomic mass is 9.87. The van der Waals surface area contributed by atoms with Crippen molar-refractivity contribution in [2.45, 2.75) is 12.8 Å². The lowest BCUT2D eigenvalue weighted by molar-refractivity contribution is -0.125. The molecular formula is C20H19NO4. The Kier molecular flexibility index (Phi) is 4.93. The van der Waals surface area contributed by atoms with Crippen molar-refractivity contribution < 1.29 is 19.1 Å². The van der Waals surface area contributed by atoms with E-state index >= 15 is 0 Å². The van der Waals surface area contributed by atoms with E-state index in [0.717, 1.165) is 11.8 Å². The predicted octanol–water partition coefficient (Wildman–Crippen LogP) is 2.63. The van der Waals surface area contributed by atoms with Gasteiger partial charge in [-0.25, -0.2) is 0 Å². The van der Waals surface area contributed by atoms with Gasteiger partial charge in [0.25, 0.3) is 0 Å². The van der Waals surface area contributed by atoms with E-state index in [1.807, 2.05) is 30.3 Å². The van der Waals surface area contributed by atoms with E-state index in [1.54, 1.807) is 31.4 Å². The number of carbonyl (C=O) groups excluding carboxylic acids is 3. The van der Waals surface area contributed by atoms with Crippen molar-refractivity contribution >= 4 is 23.8 Å². The van der Waals surface area contributed by atoms with Crippen LogP contribution in [0.25, 0.3) is 0 Å². The number of hydrogen-bond donors (Lipinski definition) is 0. The van der Waals surface area contributed by atoms with Crippen LogP contribution in [0.3, 0.4) is 0 Å². The molecule has 0 aliphatic carbocycles. The van der Waals surface area contributed by atoms with Gasteiger partial charge in [-0.1, -0.05) is 30.3 Å². The number of anilines is 1. The number of amides is 2. The van der Waals surface area contributed by atoms with E-state index in [4.69, 9.17) is 4.74 Å². The Labute approximate surface area is 146 Å². The minimum atomic E-state index is -0.618. The predicted molar refractivity (Wildman–Crippen MR) is 93.3 cm³/mol. The molecule has 2 aromatic rings. The maximum absolute atomic E-state index is 12.8. The minimum absolute atomic E-state index is 0.0566. The van der Waals surface area contributed by atoms with E-state index in [0.29, 0.717) is 17.9 Å². The van der Waals surface area contributed by atoms with E-state index in [9.17, 15) is 14.4 Å². The fourth-order valence-electron chi connectivity index (χ4n) is 3.16. The fourth-order valence-corrected chi connectivity index (χ4v) is 3.16. The number of aldehydes is 1. The summed E-state index contributed by atoms with van der Waals surface area (Å²) < 4.78 is 5.09. The van der Waals surface area contributed by atoms with Gasteiger partial charge < -0.3 is 9.53 Å². The highest BCUT2D eigenvalue weighted by Crippen LogP contribution is 2.32. The average molecular weight is 337 g/mol. The van der Waals surface area contributed by atoms with Crippen LogP contribution in [-0.4, -0.2) is 25.2 Å². The number of ether oxygens (including phenoxy) is 1. The van der Waals surface area contributed by atoms with E-state index in [1.165, 1.54) is 4.90 Å². The van der Waals surface area contributed by atoms with Crippen molar-refractivity contribution in [3.63, 3.8) is 0 Å². The average Bonchev–Trinajstić information content (AvgIpc) is 2.95. The minimum Gasteiger partial charge on any atom is -0.497 e. The molecule has 0 bridgehead atoms. The van der Waals surface area contributed by atoms with Crippen LogP contribution in [0.4, 0.5) is 5.69 Å². The Morgan fingerprint density at radius 3 is 2.40 bits per heavy atom. The van der Waals surface area contributed by atoms with Crippen molar-refractivity contribution in [2.24, 2.45) is 11.8 Å². The molecule has 1 aliphatic heterocycles. The monoisotopic (exact) mass is 337 g/mol. The molecule has 25 heavy (non-hydrogen) atoms. The number of benzene rings is 2. The van der Waals surface area contributed by atoms with Gasteiger partial charge in [-0.2, -0.15) is 0 Å². The first-order valence-electron chi connectivity index (χ1n) is 8.14. The zero-order chi connectivity index (χ0) is 17.8. The zero-order valence-corrected chi connectivity index (χ0v) is 13.9. The van der Waals surface area contributed by atoms with Crippen molar-refractivity contribution in [3.05, 3.63) is 60.2 Å². The first-order valence-corrected chi connectivity index (χ1v) is 8.14. The van der Waals surface area contributed by atoms with Crippen LogP contribution >= 0.6 is 0 Å². The maximum atomic E-state index is 12.8. The topological polar surface area (TPSA) is 63.7 Å². The molecule has 0 radical (unpaired) electrons. The van der Waals surface area contributed by atoms with Gasteiger partial charge in [0.15, 0.2) is 0 Å². The third-order valence-electron chi connectivity index (χ3n) is 4.52. The first-order chi connectivity index (χ1) is 12.1. The molecule has 2 atom stereocenters. The normalized spacial score (nSPS) is 18.3. The van der Waals surface area contributed by atoms with Crippen molar-refractivity contribution in [3.8, 4) is 5.75 Å². The third-order valence-corrected chi connectivity index (χ3v) is 4.52. The van der Waals surface area contributed by atoms with Crippen molar-refractivity contribution in [1.29, 1.82) is 0 Å². The Hall–Kier alpha value is -2.95. The molecule has 128 valence electrons. The van der Waals surface area contributed by atoms with Crippen molar-refractivity contribution in [1.82, 2.24) is 0 Å². The molecule has 0 aromatic heterocycles. The molecule has 5 heteroatoms. The summed E-state index contributed by atoms with van der Waals surface area (Å²) in [7, 11) is 1.55. The number of nitrogens with zero attached hydrogens (tertiary/aromatic N) is 1. The largest absolute Gasteiger partial charge is 0.497 e. The number of methoxy groups -OCH3 is 1. The summed E-state index contributed by atoms with van der Waals surface area (Å²) in [6.07, 6.45) is 1.30. The number of carbonyl (C=O) groups is 3. The summed E-state index contributed by atoms with van der Waals surface area (Å²) in [4.78, 5) is 37.9. The summed E-state index contributed by atoms with van der Waals surface area (Å²) in [5.41, 5.74) is 1.48. The number of hydrogen-bond acceptors (Lipinski definition) is 4. The molecule has 0 spiro atoms. The maximum Gasteiger partial charge on any atom is 0.238 e. The summed E-state index contributed by atoms with van der Waals surface area (Å²) in [6.45, 7) is 0. The van der Waals surface area contributed by atoms with Gasteiger partial charge in [0.2, 0.25) is 11.8 Å². The van der Waals surface area contributed by atoms with E-state index in [-0.39, 0.29) is 18.2 Å². The standard InChI is InChI=1S/C20H19NO4/c1-25-17-9-7-16(8-10-17)21-19(23)12-18(20(21)24)15(13-22)11-14-5-3-2-4-6-14/h2-10,13,15,18H,11-12H2,1H3/t15?,18-/m0/s1. The lowest BCUT2D eigenvalue weighted by Crippen LogP contribution is -2.33. The second-order valence-corrected chi connectivity index (χ2v) is 6.07. The Balaban J connectivity index is 1.80. The Morgan fingerprint density at radius 1 is 1.12 bits per heavy atom. The summed E-state index contributed by atoms with van der Waals surface area (Å²) in [6, 6.07) is 16.3. The smallest absolute Gasteiger partial charge is 0.238 e. The second-order valence-electron chi connectivity index (χ2n) is 6.07. The summed E-state index contributed by atoms with van der Waals surface area (Å²) >= 11 is 0. The molecule has 0 N–H and O–H groups in total. The first kappa shape index (κ1) is 16.9. The van der Waals surface area contributed by atoms with Gasteiger partial charge >= 0.3 is 0 Å². The highest BCUT2D eigenvalue weighted by molar-refractivity contribution is 6.21. The van der Waals surface area contributed by atoms with Gasteiger partial charge in [-0.15, -0.1) is 0 Å². The zero-order valence-electron chi connectivity index (χ0n) is 13.9. The molecule has 3 rings (SSSR count). The van der Waals surface area contributed by atoms with Gasteiger partial charge in [-0.3, -0.25) is 14.5 Å². The molecule has 1 aliphatic rings. The molecular weight excluding hydrogens is 318 g/mol. The molecule has 2 amide bonds. The van der Waals surface area contributed by atoms with Crippen LogP contribution in [0.1, 0.15) is 12.0 Å². The highest BCUT2D eigenvalue weighted by Gasteiger charge is 2.43. The van der Waals surface area contributed by atoms with E-state index < -0.39 is 11.8 Å². The van der Waals surface area contributed by atoms with Gasteiger partial charge in [0, 0.05) is 12.3 Å². The SMILES string of the molecule is COc1ccc(N2C(=O)C[C@@H](C(C=O)Cc3ccccc3)C2=O)cc1. The van der Waals surface area contributed by atoms with Gasteiger partial charge in [0.1, 0.15) is 12.0 Å². The Morgan fingerprint density at radius 2 is 1.80 bits per heavy atom. The molecule has 0 saturated carbocycles. The van der Waals surface area contributed by atoms with Crippen LogP contribution in [-0.2, 0) is 20.8 Å². The van der Waals surface area contributed by atoms with Crippen LogP contribution in [0.2, 0.25) is 0 Å². The molecule has 1 saturated heterocycles. The molecule has 1 heterocycles.